The van der Waals surface area contributed by atoms with E-state index in [9.17, 15) is 14.4 Å². The van der Waals surface area contributed by atoms with Crippen LogP contribution in [0.3, 0.4) is 0 Å². The summed E-state index contributed by atoms with van der Waals surface area (Å²) >= 11 is 0. The van der Waals surface area contributed by atoms with Crippen LogP contribution in [-0.2, 0) is 16.0 Å². The zero-order chi connectivity index (χ0) is 18.7. The van der Waals surface area contributed by atoms with Gasteiger partial charge in [0.1, 0.15) is 12.1 Å². The van der Waals surface area contributed by atoms with Crippen molar-refractivity contribution in [3.8, 4) is 0 Å². The molecule has 2 aliphatic rings. The normalized spacial score (nSPS) is 18.9. The smallest absolute Gasteiger partial charge is 0.323 e. The van der Waals surface area contributed by atoms with Crippen molar-refractivity contribution in [2.75, 3.05) is 18.0 Å². The zero-order valence-electron chi connectivity index (χ0n) is 15.6. The molecule has 0 aromatic heterocycles. The number of aryl methyl sites for hydroxylation is 1. The molecule has 6 heteroatoms. The second kappa shape index (κ2) is 7.48. The van der Waals surface area contributed by atoms with Gasteiger partial charge in [0.15, 0.2) is 0 Å². The third kappa shape index (κ3) is 3.32. The maximum atomic E-state index is 12.8. The van der Waals surface area contributed by atoms with Gasteiger partial charge in [0, 0.05) is 12.2 Å². The van der Waals surface area contributed by atoms with Gasteiger partial charge in [0.05, 0.1) is 0 Å². The first kappa shape index (κ1) is 18.4. The standard InChI is InChI=1S/C20H27N3O3/c1-3-15-8-10-16(11-9-15)22(4-2)17(24)14-23-18(25)20(21-19(23)26)12-6-5-7-13-20/h8-11H,3-7,12-14H2,1-2H3,(H,21,26). The number of urea groups is 1. The summed E-state index contributed by atoms with van der Waals surface area (Å²) in [4.78, 5) is 40.7. The summed E-state index contributed by atoms with van der Waals surface area (Å²) in [5.41, 5.74) is 1.20. The molecule has 0 atom stereocenters. The molecule has 140 valence electrons. The van der Waals surface area contributed by atoms with Crippen molar-refractivity contribution in [2.45, 2.75) is 57.9 Å². The van der Waals surface area contributed by atoms with Crippen LogP contribution in [0.5, 0.6) is 0 Å². The molecule has 0 bridgehead atoms. The largest absolute Gasteiger partial charge is 0.325 e. The van der Waals surface area contributed by atoms with Gasteiger partial charge in [0.2, 0.25) is 5.91 Å². The second-order valence-corrected chi connectivity index (χ2v) is 7.12. The lowest BCUT2D eigenvalue weighted by molar-refractivity contribution is -0.135. The highest BCUT2D eigenvalue weighted by molar-refractivity contribution is 6.10. The third-order valence-corrected chi connectivity index (χ3v) is 5.52. The van der Waals surface area contributed by atoms with Crippen molar-refractivity contribution in [2.24, 2.45) is 0 Å². The number of anilines is 1. The van der Waals surface area contributed by atoms with E-state index in [-0.39, 0.29) is 18.4 Å². The molecule has 1 saturated carbocycles. The molecule has 1 aliphatic carbocycles. The van der Waals surface area contributed by atoms with E-state index in [4.69, 9.17) is 0 Å². The second-order valence-electron chi connectivity index (χ2n) is 7.12. The first-order valence-corrected chi connectivity index (χ1v) is 9.54. The van der Waals surface area contributed by atoms with E-state index >= 15 is 0 Å². The molecule has 1 aliphatic heterocycles. The van der Waals surface area contributed by atoms with Crippen molar-refractivity contribution in [1.82, 2.24) is 10.2 Å². The molecule has 1 aromatic rings. The molecule has 6 nitrogen and oxygen atoms in total. The molecule has 1 aromatic carbocycles. The Morgan fingerprint density at radius 3 is 2.35 bits per heavy atom. The summed E-state index contributed by atoms with van der Waals surface area (Å²) < 4.78 is 0. The minimum Gasteiger partial charge on any atom is -0.323 e. The summed E-state index contributed by atoms with van der Waals surface area (Å²) in [5.74, 6) is -0.485. The Balaban J connectivity index is 1.73. The lowest BCUT2D eigenvalue weighted by atomic mass is 9.82. The average Bonchev–Trinajstić information content (AvgIpc) is 2.87. The number of amides is 4. The Morgan fingerprint density at radius 1 is 1.12 bits per heavy atom. The van der Waals surface area contributed by atoms with E-state index in [0.29, 0.717) is 19.4 Å². The maximum absolute atomic E-state index is 12.8. The van der Waals surface area contributed by atoms with Gasteiger partial charge in [-0.1, -0.05) is 38.3 Å². The number of imide groups is 1. The predicted octanol–water partition coefficient (Wildman–Crippen LogP) is 2.86. The minimum atomic E-state index is -0.782. The summed E-state index contributed by atoms with van der Waals surface area (Å²) in [6, 6.07) is 7.37. The van der Waals surface area contributed by atoms with Crippen LogP contribution in [0.4, 0.5) is 10.5 Å². The van der Waals surface area contributed by atoms with Crippen LogP contribution in [-0.4, -0.2) is 41.4 Å². The third-order valence-electron chi connectivity index (χ3n) is 5.52. The van der Waals surface area contributed by atoms with Crippen molar-refractivity contribution in [3.63, 3.8) is 0 Å². The quantitative estimate of drug-likeness (QED) is 0.824. The molecule has 1 spiro atoms. The lowest BCUT2D eigenvalue weighted by Crippen LogP contribution is -2.49. The fourth-order valence-electron chi connectivity index (χ4n) is 3.95. The zero-order valence-corrected chi connectivity index (χ0v) is 15.6. The molecule has 3 rings (SSSR count). The van der Waals surface area contributed by atoms with Crippen molar-refractivity contribution >= 4 is 23.5 Å². The van der Waals surface area contributed by atoms with Crippen LogP contribution < -0.4 is 10.2 Å². The summed E-state index contributed by atoms with van der Waals surface area (Å²) in [7, 11) is 0. The molecule has 26 heavy (non-hydrogen) atoms. The Labute approximate surface area is 154 Å². The van der Waals surface area contributed by atoms with Gasteiger partial charge < -0.3 is 10.2 Å². The maximum Gasteiger partial charge on any atom is 0.325 e. The molecule has 2 fully saturated rings. The highest BCUT2D eigenvalue weighted by atomic mass is 16.2. The number of hydrogen-bond donors (Lipinski definition) is 1. The van der Waals surface area contributed by atoms with Gasteiger partial charge in [-0.25, -0.2) is 4.79 Å². The van der Waals surface area contributed by atoms with E-state index in [1.54, 1.807) is 4.90 Å². The number of hydrogen-bond acceptors (Lipinski definition) is 3. The van der Waals surface area contributed by atoms with Gasteiger partial charge in [-0.05, 0) is 43.9 Å². The molecule has 0 unspecified atom stereocenters. The van der Waals surface area contributed by atoms with Gasteiger partial charge >= 0.3 is 6.03 Å². The Kier molecular flexibility index (Phi) is 5.30. The Morgan fingerprint density at radius 2 is 1.77 bits per heavy atom. The fourth-order valence-corrected chi connectivity index (χ4v) is 3.95. The summed E-state index contributed by atoms with van der Waals surface area (Å²) in [6.45, 7) is 4.24. The number of nitrogens with one attached hydrogen (secondary N) is 1. The van der Waals surface area contributed by atoms with E-state index < -0.39 is 11.6 Å². The van der Waals surface area contributed by atoms with Gasteiger partial charge in [0.25, 0.3) is 5.91 Å². The molecule has 1 heterocycles. The number of benzene rings is 1. The Hall–Kier alpha value is -2.37. The highest BCUT2D eigenvalue weighted by Gasteiger charge is 2.51. The fraction of sp³-hybridized carbons (Fsp3) is 0.550. The molecule has 0 radical (unpaired) electrons. The van der Waals surface area contributed by atoms with Crippen LogP contribution in [0.2, 0.25) is 0 Å². The van der Waals surface area contributed by atoms with Crippen molar-refractivity contribution < 1.29 is 14.4 Å². The lowest BCUT2D eigenvalue weighted by Gasteiger charge is -2.30. The number of carbonyl (C=O) groups excluding carboxylic acids is 3. The molecule has 4 amide bonds. The monoisotopic (exact) mass is 357 g/mol. The molecular formula is C20H27N3O3. The van der Waals surface area contributed by atoms with E-state index in [2.05, 4.69) is 12.2 Å². The van der Waals surface area contributed by atoms with Gasteiger partial charge in [-0.15, -0.1) is 0 Å². The molecular weight excluding hydrogens is 330 g/mol. The topological polar surface area (TPSA) is 69.7 Å². The number of carbonyl (C=O) groups is 3. The first-order chi connectivity index (χ1) is 12.5. The van der Waals surface area contributed by atoms with Crippen molar-refractivity contribution in [1.29, 1.82) is 0 Å². The van der Waals surface area contributed by atoms with E-state index in [1.807, 2.05) is 31.2 Å². The highest BCUT2D eigenvalue weighted by Crippen LogP contribution is 2.33. The van der Waals surface area contributed by atoms with Crippen LogP contribution in [0, 0.1) is 0 Å². The van der Waals surface area contributed by atoms with Gasteiger partial charge in [-0.2, -0.15) is 0 Å². The van der Waals surface area contributed by atoms with Crippen molar-refractivity contribution in [3.05, 3.63) is 29.8 Å². The Bertz CT molecular complexity index is 693. The number of nitrogens with zero attached hydrogens (tertiary/aromatic N) is 2. The number of likely N-dealkylation sites (N-methyl/N-ethyl adjacent to an activating group) is 1. The SMILES string of the molecule is CCc1ccc(N(CC)C(=O)CN2C(=O)NC3(CCCCC3)C2=O)cc1. The van der Waals surface area contributed by atoms with Crippen LogP contribution in [0.1, 0.15) is 51.5 Å². The van der Waals surface area contributed by atoms with E-state index in [0.717, 1.165) is 36.3 Å². The minimum absolute atomic E-state index is 0.213. The molecule has 1 saturated heterocycles. The first-order valence-electron chi connectivity index (χ1n) is 9.54. The van der Waals surface area contributed by atoms with E-state index in [1.165, 1.54) is 5.56 Å². The number of rotatable bonds is 5. The predicted molar refractivity (Wildman–Crippen MR) is 99.9 cm³/mol. The summed E-state index contributed by atoms with van der Waals surface area (Å²) in [6.07, 6.45) is 5.21. The van der Waals surface area contributed by atoms with Gasteiger partial charge in [-0.3, -0.25) is 14.5 Å². The molecule has 1 N–H and O–H groups in total. The summed E-state index contributed by atoms with van der Waals surface area (Å²) in [5, 5.41) is 2.85. The van der Waals surface area contributed by atoms with Crippen LogP contribution >= 0.6 is 0 Å². The van der Waals surface area contributed by atoms with Crippen LogP contribution in [0.25, 0.3) is 0 Å². The van der Waals surface area contributed by atoms with Crippen LogP contribution in [0.15, 0.2) is 24.3 Å². The average molecular weight is 357 g/mol.